The maximum atomic E-state index is 11.5. The Kier molecular flexibility index (Phi) is 3.57. The number of carbonyl (C=O) groups excluding carboxylic acids is 1. The highest BCUT2D eigenvalue weighted by Crippen LogP contribution is 2.16. The van der Waals surface area contributed by atoms with Gasteiger partial charge in [-0.05, 0) is 0 Å². The molecular formula is C14H15N2O2+. The Labute approximate surface area is 106 Å². The molecule has 0 unspecified atom stereocenters. The van der Waals surface area contributed by atoms with Crippen LogP contribution in [-0.2, 0) is 16.6 Å². The number of benzene rings is 1. The van der Waals surface area contributed by atoms with E-state index in [9.17, 15) is 4.79 Å². The van der Waals surface area contributed by atoms with Crippen LogP contribution in [0, 0.1) is 0 Å². The number of rotatable bonds is 3. The van der Waals surface area contributed by atoms with Gasteiger partial charge < -0.3 is 4.74 Å². The summed E-state index contributed by atoms with van der Waals surface area (Å²) in [4.78, 5) is 11.5. The van der Waals surface area contributed by atoms with Gasteiger partial charge in [0.2, 0.25) is 6.33 Å². The van der Waals surface area contributed by atoms with Crippen molar-refractivity contribution in [1.29, 1.82) is 0 Å². The molecule has 0 aliphatic heterocycles. The van der Waals surface area contributed by atoms with E-state index < -0.39 is 0 Å². The normalized spacial score (nSPS) is 11.3. The third-order valence-electron chi connectivity index (χ3n) is 2.57. The summed E-state index contributed by atoms with van der Waals surface area (Å²) < 4.78 is 8.49. The number of aromatic nitrogens is 2. The van der Waals surface area contributed by atoms with E-state index in [4.69, 9.17) is 4.74 Å². The van der Waals surface area contributed by atoms with Crippen molar-refractivity contribution in [3.05, 3.63) is 60.7 Å². The van der Waals surface area contributed by atoms with E-state index in [0.717, 1.165) is 11.3 Å². The Bertz CT molecular complexity index is 570. The topological polar surface area (TPSA) is 35.1 Å². The summed E-state index contributed by atoms with van der Waals surface area (Å²) in [5, 5.41) is 0. The molecule has 0 saturated heterocycles. The molecule has 0 N–H and O–H groups in total. The summed E-state index contributed by atoms with van der Waals surface area (Å²) in [5.41, 5.74) is 1.74. The number of hydrogen-bond acceptors (Lipinski definition) is 2. The summed E-state index contributed by atoms with van der Waals surface area (Å²) in [6.07, 6.45) is 7.17. The first-order valence-corrected chi connectivity index (χ1v) is 5.59. The van der Waals surface area contributed by atoms with Crippen molar-refractivity contribution in [3.8, 4) is 0 Å². The highest BCUT2D eigenvalue weighted by atomic mass is 16.5. The van der Waals surface area contributed by atoms with Crippen LogP contribution in [0.1, 0.15) is 5.56 Å². The largest absolute Gasteiger partial charge is 0.466 e. The molecule has 1 aromatic carbocycles. The van der Waals surface area contributed by atoms with Crippen LogP contribution in [0.3, 0.4) is 0 Å². The van der Waals surface area contributed by atoms with Gasteiger partial charge in [0.25, 0.3) is 0 Å². The number of carbonyl (C=O) groups is 1. The highest BCUT2D eigenvalue weighted by Gasteiger charge is 2.12. The van der Waals surface area contributed by atoms with Crippen LogP contribution in [0.2, 0.25) is 0 Å². The predicted octanol–water partition coefficient (Wildman–Crippen LogP) is 1.37. The summed E-state index contributed by atoms with van der Waals surface area (Å²) in [6.45, 7) is 0. The number of hydrogen-bond donors (Lipinski definition) is 0. The van der Waals surface area contributed by atoms with Gasteiger partial charge >= 0.3 is 5.97 Å². The smallest absolute Gasteiger partial charge is 0.334 e. The molecule has 2 aromatic rings. The Hall–Kier alpha value is -2.36. The minimum absolute atomic E-state index is 0.370. The second-order valence-electron chi connectivity index (χ2n) is 3.91. The highest BCUT2D eigenvalue weighted by molar-refractivity contribution is 5.91. The summed E-state index contributed by atoms with van der Waals surface area (Å²) in [5.74, 6) is -0.370. The molecule has 0 aliphatic carbocycles. The van der Waals surface area contributed by atoms with Crippen LogP contribution in [0.4, 0.5) is 0 Å². The Morgan fingerprint density at radius 1 is 1.33 bits per heavy atom. The zero-order valence-corrected chi connectivity index (χ0v) is 10.4. The lowest BCUT2D eigenvalue weighted by molar-refractivity contribution is -0.670. The summed E-state index contributed by atoms with van der Waals surface area (Å²) in [6, 6.07) is 9.71. The molecule has 4 heteroatoms. The maximum Gasteiger partial charge on any atom is 0.334 e. The van der Waals surface area contributed by atoms with Crippen molar-refractivity contribution in [2.24, 2.45) is 7.05 Å². The van der Waals surface area contributed by atoms with Crippen molar-refractivity contribution in [3.63, 3.8) is 0 Å². The van der Waals surface area contributed by atoms with Gasteiger partial charge in [-0.2, -0.15) is 0 Å². The summed E-state index contributed by atoms with van der Waals surface area (Å²) >= 11 is 0. The number of methoxy groups -OCH3 is 1. The van der Waals surface area contributed by atoms with Gasteiger partial charge in [-0.3, -0.25) is 0 Å². The third kappa shape index (κ3) is 2.66. The fourth-order valence-corrected chi connectivity index (χ4v) is 1.68. The number of nitrogens with zero attached hydrogens (tertiary/aromatic N) is 2. The van der Waals surface area contributed by atoms with E-state index >= 15 is 0 Å². The standard InChI is InChI=1S/C14H15N2O2/c1-15-8-9-16(11-15)13(10-14(17)18-2)12-6-4-3-5-7-12/h3-11H,1-2H3/q+1/b13-10+. The van der Waals surface area contributed by atoms with Crippen molar-refractivity contribution in [1.82, 2.24) is 4.57 Å². The molecule has 0 spiro atoms. The molecule has 0 fully saturated rings. The monoisotopic (exact) mass is 243 g/mol. The van der Waals surface area contributed by atoms with Gasteiger partial charge in [0.15, 0.2) is 0 Å². The van der Waals surface area contributed by atoms with E-state index in [1.54, 1.807) is 0 Å². The van der Waals surface area contributed by atoms with Crippen LogP contribution in [0.5, 0.6) is 0 Å². The third-order valence-corrected chi connectivity index (χ3v) is 2.57. The van der Waals surface area contributed by atoms with Gasteiger partial charge in [0.05, 0.1) is 20.2 Å². The lowest BCUT2D eigenvalue weighted by atomic mass is 10.1. The molecule has 0 amide bonds. The first-order chi connectivity index (χ1) is 8.70. The lowest BCUT2D eigenvalue weighted by Gasteiger charge is -2.02. The van der Waals surface area contributed by atoms with E-state index in [1.807, 2.05) is 65.2 Å². The number of esters is 1. The number of aryl methyl sites for hydroxylation is 1. The molecular weight excluding hydrogens is 228 g/mol. The molecule has 0 radical (unpaired) electrons. The van der Waals surface area contributed by atoms with Crippen molar-refractivity contribution in [2.45, 2.75) is 0 Å². The van der Waals surface area contributed by atoms with E-state index in [1.165, 1.54) is 13.2 Å². The second kappa shape index (κ2) is 5.31. The second-order valence-corrected chi connectivity index (χ2v) is 3.91. The fourth-order valence-electron chi connectivity index (χ4n) is 1.68. The SMILES string of the molecule is COC(=O)/C=C(\c1ccccc1)n1cc[n+](C)c1. The average Bonchev–Trinajstić information content (AvgIpc) is 2.83. The Morgan fingerprint density at radius 3 is 2.61 bits per heavy atom. The number of ether oxygens (including phenoxy) is 1. The zero-order valence-electron chi connectivity index (χ0n) is 10.4. The van der Waals surface area contributed by atoms with Crippen LogP contribution < -0.4 is 4.57 Å². The van der Waals surface area contributed by atoms with Gasteiger partial charge in [-0.25, -0.2) is 13.9 Å². The maximum absolute atomic E-state index is 11.5. The molecule has 1 aromatic heterocycles. The molecule has 0 saturated carbocycles. The molecule has 4 nitrogen and oxygen atoms in total. The predicted molar refractivity (Wildman–Crippen MR) is 67.4 cm³/mol. The van der Waals surface area contributed by atoms with Crippen LogP contribution in [0.25, 0.3) is 5.70 Å². The van der Waals surface area contributed by atoms with Crippen molar-refractivity contribution < 1.29 is 14.1 Å². The minimum Gasteiger partial charge on any atom is -0.466 e. The van der Waals surface area contributed by atoms with Crippen LogP contribution in [-0.4, -0.2) is 17.6 Å². The van der Waals surface area contributed by atoms with Crippen LogP contribution >= 0.6 is 0 Å². The molecule has 0 bridgehead atoms. The molecule has 0 aliphatic rings. The Balaban J connectivity index is 2.48. The fraction of sp³-hybridized carbons (Fsp3) is 0.143. The zero-order chi connectivity index (χ0) is 13.0. The van der Waals surface area contributed by atoms with Crippen molar-refractivity contribution >= 4 is 11.7 Å². The van der Waals surface area contributed by atoms with Crippen molar-refractivity contribution in [2.75, 3.05) is 7.11 Å². The molecule has 92 valence electrons. The lowest BCUT2D eigenvalue weighted by Crippen LogP contribution is -2.23. The molecule has 2 rings (SSSR count). The van der Waals surface area contributed by atoms with Crippen LogP contribution in [0.15, 0.2) is 55.1 Å². The average molecular weight is 243 g/mol. The van der Waals surface area contributed by atoms with Gasteiger partial charge in [0, 0.05) is 5.56 Å². The summed E-state index contributed by atoms with van der Waals surface area (Å²) in [7, 11) is 3.30. The molecule has 1 heterocycles. The van der Waals surface area contributed by atoms with Gasteiger partial charge in [-0.1, -0.05) is 30.3 Å². The van der Waals surface area contributed by atoms with Gasteiger partial charge in [0.1, 0.15) is 18.1 Å². The Morgan fingerprint density at radius 2 is 2.06 bits per heavy atom. The van der Waals surface area contributed by atoms with Gasteiger partial charge in [-0.15, -0.1) is 0 Å². The van der Waals surface area contributed by atoms with E-state index in [-0.39, 0.29) is 5.97 Å². The first kappa shape index (κ1) is 12.1. The van der Waals surface area contributed by atoms with E-state index in [2.05, 4.69) is 0 Å². The molecule has 18 heavy (non-hydrogen) atoms. The molecule has 0 atom stereocenters. The van der Waals surface area contributed by atoms with E-state index in [0.29, 0.717) is 0 Å². The first-order valence-electron chi connectivity index (χ1n) is 5.59. The quantitative estimate of drug-likeness (QED) is 0.464. The minimum atomic E-state index is -0.370. The number of imidazole rings is 1.